The van der Waals surface area contributed by atoms with E-state index in [1.54, 1.807) is 16.2 Å². The highest BCUT2D eigenvalue weighted by molar-refractivity contribution is 7.10. The summed E-state index contributed by atoms with van der Waals surface area (Å²) in [5.41, 5.74) is 1.11. The van der Waals surface area contributed by atoms with Crippen LogP contribution < -0.4 is 0 Å². The first-order valence-corrected chi connectivity index (χ1v) is 7.27. The number of likely N-dealkylation sites (tertiary alicyclic amines) is 1. The van der Waals surface area contributed by atoms with Crippen molar-refractivity contribution in [2.45, 2.75) is 39.7 Å². The molecule has 0 radical (unpaired) electrons. The largest absolute Gasteiger partial charge is 0.391 e. The van der Waals surface area contributed by atoms with Crippen molar-refractivity contribution in [2.75, 3.05) is 13.1 Å². The normalized spacial score (nSPS) is 23.1. The van der Waals surface area contributed by atoms with Gasteiger partial charge in [-0.3, -0.25) is 4.79 Å². The van der Waals surface area contributed by atoms with Crippen LogP contribution in [0, 0.1) is 12.3 Å². The minimum absolute atomic E-state index is 0.0738. The Bertz CT molecular complexity index is 439. The monoisotopic (exact) mass is 267 g/mol. The molecule has 0 saturated carbocycles. The lowest BCUT2D eigenvalue weighted by Gasteiger charge is -2.41. The standard InChI is InChI=1S/C14H21NO2S/c1-10-4-7-18-11(10)8-13(17)15-6-5-14(2,3)12(16)9-15/h4,7,12,16H,5-6,8-9H2,1-3H3. The van der Waals surface area contributed by atoms with E-state index in [-0.39, 0.29) is 11.3 Å². The number of carbonyl (C=O) groups excluding carboxylic acids is 1. The summed E-state index contributed by atoms with van der Waals surface area (Å²) >= 11 is 1.63. The van der Waals surface area contributed by atoms with E-state index in [2.05, 4.69) is 13.8 Å². The molecular weight excluding hydrogens is 246 g/mol. The SMILES string of the molecule is Cc1ccsc1CC(=O)N1CCC(C)(C)C(O)C1. The molecule has 4 heteroatoms. The second-order valence-electron chi connectivity index (χ2n) is 5.80. The highest BCUT2D eigenvalue weighted by Crippen LogP contribution is 2.30. The molecule has 1 saturated heterocycles. The number of aliphatic hydroxyl groups is 1. The Morgan fingerprint density at radius 3 is 2.89 bits per heavy atom. The molecule has 1 N–H and O–H groups in total. The number of hydrogen-bond acceptors (Lipinski definition) is 3. The molecule has 1 aliphatic heterocycles. The third-order valence-corrected chi connectivity index (χ3v) is 4.98. The molecule has 100 valence electrons. The lowest BCUT2D eigenvalue weighted by Crippen LogP contribution is -2.50. The topological polar surface area (TPSA) is 40.5 Å². The molecule has 1 aromatic rings. The molecular formula is C14H21NO2S. The fourth-order valence-corrected chi connectivity index (χ4v) is 3.09. The first-order chi connectivity index (χ1) is 8.40. The van der Waals surface area contributed by atoms with Crippen LogP contribution in [0.3, 0.4) is 0 Å². The molecule has 1 aromatic heterocycles. The first kappa shape index (κ1) is 13.6. The minimum Gasteiger partial charge on any atom is -0.391 e. The Morgan fingerprint density at radius 2 is 2.33 bits per heavy atom. The van der Waals surface area contributed by atoms with Crippen molar-refractivity contribution in [2.24, 2.45) is 5.41 Å². The molecule has 1 amide bonds. The van der Waals surface area contributed by atoms with E-state index >= 15 is 0 Å². The van der Waals surface area contributed by atoms with E-state index in [1.807, 2.05) is 18.4 Å². The molecule has 1 unspecified atom stereocenters. The van der Waals surface area contributed by atoms with Crippen molar-refractivity contribution in [3.05, 3.63) is 21.9 Å². The van der Waals surface area contributed by atoms with Crippen molar-refractivity contribution in [1.29, 1.82) is 0 Å². The maximum atomic E-state index is 12.2. The Kier molecular flexibility index (Phi) is 3.78. The third kappa shape index (κ3) is 2.75. The van der Waals surface area contributed by atoms with Crippen LogP contribution in [0.15, 0.2) is 11.4 Å². The molecule has 3 nitrogen and oxygen atoms in total. The third-order valence-electron chi connectivity index (χ3n) is 3.95. The number of rotatable bonds is 2. The number of aliphatic hydroxyl groups excluding tert-OH is 1. The van der Waals surface area contributed by atoms with Crippen molar-refractivity contribution >= 4 is 17.2 Å². The van der Waals surface area contributed by atoms with Gasteiger partial charge in [0.15, 0.2) is 0 Å². The molecule has 0 bridgehead atoms. The predicted octanol–water partition coefficient (Wildman–Crippen LogP) is 2.22. The van der Waals surface area contributed by atoms with Gasteiger partial charge in [-0.2, -0.15) is 0 Å². The van der Waals surface area contributed by atoms with E-state index in [1.165, 1.54) is 5.56 Å². The maximum Gasteiger partial charge on any atom is 0.227 e. The van der Waals surface area contributed by atoms with Crippen LogP contribution in [-0.2, 0) is 11.2 Å². The summed E-state index contributed by atoms with van der Waals surface area (Å²) in [4.78, 5) is 15.1. The number of amides is 1. The molecule has 2 rings (SSSR count). The van der Waals surface area contributed by atoms with Crippen molar-refractivity contribution in [3.8, 4) is 0 Å². The summed E-state index contributed by atoms with van der Waals surface area (Å²) in [6.45, 7) is 7.38. The summed E-state index contributed by atoms with van der Waals surface area (Å²) in [5.74, 6) is 0.134. The summed E-state index contributed by atoms with van der Waals surface area (Å²) in [6, 6.07) is 2.04. The lowest BCUT2D eigenvalue weighted by molar-refractivity contribution is -0.137. The second-order valence-corrected chi connectivity index (χ2v) is 6.80. The summed E-state index contributed by atoms with van der Waals surface area (Å²) in [5, 5.41) is 12.1. The van der Waals surface area contributed by atoms with Crippen LogP contribution in [0.25, 0.3) is 0 Å². The van der Waals surface area contributed by atoms with Crippen LogP contribution in [0.2, 0.25) is 0 Å². The number of hydrogen-bond donors (Lipinski definition) is 1. The van der Waals surface area contributed by atoms with Gasteiger partial charge in [0.1, 0.15) is 0 Å². The molecule has 1 fully saturated rings. The fraction of sp³-hybridized carbons (Fsp3) is 0.643. The van der Waals surface area contributed by atoms with E-state index in [0.29, 0.717) is 13.0 Å². The van der Waals surface area contributed by atoms with Gasteiger partial charge in [-0.05, 0) is 35.8 Å². The zero-order chi connectivity index (χ0) is 13.3. The lowest BCUT2D eigenvalue weighted by atomic mass is 9.80. The number of carbonyl (C=O) groups is 1. The fourth-order valence-electron chi connectivity index (χ4n) is 2.20. The Labute approximate surface area is 112 Å². The first-order valence-electron chi connectivity index (χ1n) is 6.39. The van der Waals surface area contributed by atoms with Gasteiger partial charge in [-0.1, -0.05) is 13.8 Å². The van der Waals surface area contributed by atoms with Gasteiger partial charge in [0.2, 0.25) is 5.91 Å². The molecule has 1 atom stereocenters. The van der Waals surface area contributed by atoms with Crippen molar-refractivity contribution < 1.29 is 9.90 Å². The van der Waals surface area contributed by atoms with Gasteiger partial charge in [-0.25, -0.2) is 0 Å². The molecule has 0 aromatic carbocycles. The number of aryl methyl sites for hydroxylation is 1. The number of piperidine rings is 1. The van der Waals surface area contributed by atoms with E-state index in [9.17, 15) is 9.90 Å². The summed E-state index contributed by atoms with van der Waals surface area (Å²) in [6.07, 6.45) is 0.916. The van der Waals surface area contributed by atoms with Gasteiger partial charge in [0.25, 0.3) is 0 Å². The Balaban J connectivity index is 1.97. The smallest absolute Gasteiger partial charge is 0.227 e. The van der Waals surface area contributed by atoms with Gasteiger partial charge in [0.05, 0.1) is 12.5 Å². The highest BCUT2D eigenvalue weighted by Gasteiger charge is 2.35. The molecule has 18 heavy (non-hydrogen) atoms. The van der Waals surface area contributed by atoms with Gasteiger partial charge < -0.3 is 10.0 Å². The van der Waals surface area contributed by atoms with Crippen LogP contribution >= 0.6 is 11.3 Å². The zero-order valence-corrected chi connectivity index (χ0v) is 12.1. The maximum absolute atomic E-state index is 12.2. The molecule has 1 aliphatic rings. The minimum atomic E-state index is -0.417. The van der Waals surface area contributed by atoms with Crippen LogP contribution in [0.5, 0.6) is 0 Å². The molecule has 0 spiro atoms. The van der Waals surface area contributed by atoms with Crippen LogP contribution in [0.1, 0.15) is 30.7 Å². The molecule has 0 aliphatic carbocycles. The van der Waals surface area contributed by atoms with E-state index in [0.717, 1.165) is 17.8 Å². The summed E-state index contributed by atoms with van der Waals surface area (Å²) < 4.78 is 0. The van der Waals surface area contributed by atoms with Crippen molar-refractivity contribution in [3.63, 3.8) is 0 Å². The Hall–Kier alpha value is -0.870. The van der Waals surface area contributed by atoms with Crippen LogP contribution in [0.4, 0.5) is 0 Å². The average molecular weight is 267 g/mol. The highest BCUT2D eigenvalue weighted by atomic mass is 32.1. The quantitative estimate of drug-likeness (QED) is 0.892. The average Bonchev–Trinajstić information content (AvgIpc) is 2.68. The zero-order valence-electron chi connectivity index (χ0n) is 11.3. The summed E-state index contributed by atoms with van der Waals surface area (Å²) in [7, 11) is 0. The van der Waals surface area contributed by atoms with Gasteiger partial charge in [-0.15, -0.1) is 11.3 Å². The predicted molar refractivity (Wildman–Crippen MR) is 73.7 cm³/mol. The van der Waals surface area contributed by atoms with Gasteiger partial charge >= 0.3 is 0 Å². The number of β-amino-alcohol motifs (C(OH)–C–C–N with tert-alkyl or cyclic N) is 1. The molecule has 2 heterocycles. The number of thiophene rings is 1. The Morgan fingerprint density at radius 1 is 1.61 bits per heavy atom. The van der Waals surface area contributed by atoms with Crippen LogP contribution in [-0.4, -0.2) is 35.1 Å². The second kappa shape index (κ2) is 5.02. The van der Waals surface area contributed by atoms with E-state index in [4.69, 9.17) is 0 Å². The van der Waals surface area contributed by atoms with Crippen molar-refractivity contribution in [1.82, 2.24) is 4.90 Å². The number of nitrogens with zero attached hydrogens (tertiary/aromatic N) is 1. The van der Waals surface area contributed by atoms with E-state index < -0.39 is 6.10 Å². The van der Waals surface area contributed by atoms with Gasteiger partial charge in [0, 0.05) is 18.0 Å².